The van der Waals surface area contributed by atoms with Gasteiger partial charge in [0.05, 0.1) is 18.4 Å². The number of hydrogen-bond donors (Lipinski definition) is 1. The second-order valence-electron chi connectivity index (χ2n) is 7.20. The standard InChI is InChI=1S/C20H27N5O5/c1-24-12-15(22-23-24)9-7-5-4-6-8-14-11-25(20(27)21-19(14)26)18-10-16(29-3)17(30-18)13-28-2/h11-12,16-18H,4-5,7,9-10,13H2,1-3H3,(H,21,26,27)/t16-,17?,18-/m1/s1. The van der Waals surface area contributed by atoms with Gasteiger partial charge >= 0.3 is 5.69 Å². The monoisotopic (exact) mass is 417 g/mol. The molecular weight excluding hydrogens is 390 g/mol. The molecule has 2 aromatic rings. The van der Waals surface area contributed by atoms with Crippen LogP contribution in [0.15, 0.2) is 22.0 Å². The van der Waals surface area contributed by atoms with Crippen molar-refractivity contribution in [1.29, 1.82) is 0 Å². The highest BCUT2D eigenvalue weighted by Crippen LogP contribution is 2.29. The van der Waals surface area contributed by atoms with Gasteiger partial charge in [-0.05, 0) is 19.3 Å². The van der Waals surface area contributed by atoms with Crippen LogP contribution < -0.4 is 11.2 Å². The lowest BCUT2D eigenvalue weighted by Gasteiger charge is -2.16. The third kappa shape index (κ3) is 5.44. The summed E-state index contributed by atoms with van der Waals surface area (Å²) < 4.78 is 19.5. The molecule has 0 aromatic carbocycles. The minimum atomic E-state index is -0.549. The van der Waals surface area contributed by atoms with Gasteiger partial charge in [0.25, 0.3) is 5.56 Å². The average molecular weight is 417 g/mol. The molecule has 0 aliphatic carbocycles. The number of nitrogens with zero attached hydrogens (tertiary/aromatic N) is 4. The minimum absolute atomic E-state index is 0.197. The smallest absolute Gasteiger partial charge is 0.330 e. The second-order valence-corrected chi connectivity index (χ2v) is 7.20. The summed E-state index contributed by atoms with van der Waals surface area (Å²) in [7, 11) is 5.01. The van der Waals surface area contributed by atoms with Gasteiger partial charge in [0.1, 0.15) is 17.9 Å². The predicted octanol–water partition coefficient (Wildman–Crippen LogP) is 0.379. The molecule has 0 saturated carbocycles. The van der Waals surface area contributed by atoms with Crippen molar-refractivity contribution in [3.63, 3.8) is 0 Å². The van der Waals surface area contributed by atoms with Gasteiger partial charge in [0.2, 0.25) is 0 Å². The fourth-order valence-electron chi connectivity index (χ4n) is 3.41. The van der Waals surface area contributed by atoms with Crippen LogP contribution in [0.3, 0.4) is 0 Å². The molecule has 0 radical (unpaired) electrons. The van der Waals surface area contributed by atoms with E-state index in [2.05, 4.69) is 27.1 Å². The van der Waals surface area contributed by atoms with E-state index in [4.69, 9.17) is 14.2 Å². The predicted molar refractivity (Wildman–Crippen MR) is 108 cm³/mol. The first kappa shape index (κ1) is 22.0. The van der Waals surface area contributed by atoms with E-state index in [0.29, 0.717) is 19.4 Å². The molecule has 0 bridgehead atoms. The van der Waals surface area contributed by atoms with Crippen molar-refractivity contribution in [2.45, 2.75) is 50.5 Å². The van der Waals surface area contributed by atoms with E-state index in [9.17, 15) is 9.59 Å². The maximum absolute atomic E-state index is 12.3. The largest absolute Gasteiger partial charge is 0.382 e. The molecule has 1 saturated heterocycles. The van der Waals surface area contributed by atoms with Crippen molar-refractivity contribution in [2.75, 3.05) is 20.8 Å². The van der Waals surface area contributed by atoms with Gasteiger partial charge in [-0.1, -0.05) is 17.1 Å². The molecule has 1 unspecified atom stereocenters. The molecule has 0 spiro atoms. The van der Waals surface area contributed by atoms with Crippen molar-refractivity contribution >= 4 is 0 Å². The van der Waals surface area contributed by atoms with Crippen LogP contribution >= 0.6 is 0 Å². The van der Waals surface area contributed by atoms with Gasteiger partial charge in [0.15, 0.2) is 0 Å². The summed E-state index contributed by atoms with van der Waals surface area (Å²) in [6.07, 6.45) is 6.08. The van der Waals surface area contributed by atoms with E-state index in [1.165, 1.54) is 10.8 Å². The number of hydrogen-bond acceptors (Lipinski definition) is 7. The Balaban J connectivity index is 1.62. The van der Waals surface area contributed by atoms with E-state index in [-0.39, 0.29) is 17.8 Å². The third-order valence-electron chi connectivity index (χ3n) is 4.95. The summed E-state index contributed by atoms with van der Waals surface area (Å²) in [5.74, 6) is 5.88. The van der Waals surface area contributed by atoms with Crippen LogP contribution in [0, 0.1) is 11.8 Å². The maximum atomic E-state index is 12.3. The third-order valence-corrected chi connectivity index (χ3v) is 4.95. The van der Waals surface area contributed by atoms with E-state index in [1.807, 2.05) is 13.2 Å². The molecule has 10 heteroatoms. The quantitative estimate of drug-likeness (QED) is 0.488. The molecular formula is C20H27N5O5. The number of unbranched alkanes of at least 4 members (excludes halogenated alkanes) is 2. The molecule has 2 aromatic heterocycles. The molecule has 0 amide bonds. The van der Waals surface area contributed by atoms with Crippen LogP contribution in [-0.2, 0) is 27.7 Å². The Kier molecular flexibility index (Phi) is 7.57. The number of H-pyrrole nitrogens is 1. The van der Waals surface area contributed by atoms with Gasteiger partial charge in [-0.25, -0.2) is 4.79 Å². The van der Waals surface area contributed by atoms with E-state index in [1.54, 1.807) is 18.9 Å². The molecule has 3 heterocycles. The van der Waals surface area contributed by atoms with Gasteiger partial charge in [-0.15, -0.1) is 5.10 Å². The summed E-state index contributed by atoms with van der Waals surface area (Å²) in [5.41, 5.74) is 0.147. The number of nitrogens with one attached hydrogen (secondary N) is 1. The van der Waals surface area contributed by atoms with E-state index < -0.39 is 17.5 Å². The van der Waals surface area contributed by atoms with Crippen molar-refractivity contribution in [3.05, 3.63) is 44.5 Å². The Morgan fingerprint density at radius 2 is 2.13 bits per heavy atom. The van der Waals surface area contributed by atoms with Gasteiger partial charge < -0.3 is 14.2 Å². The molecule has 162 valence electrons. The zero-order valence-electron chi connectivity index (χ0n) is 17.5. The first-order valence-corrected chi connectivity index (χ1v) is 9.88. The summed E-state index contributed by atoms with van der Waals surface area (Å²) in [6, 6.07) is 0. The number of aryl methyl sites for hydroxylation is 2. The van der Waals surface area contributed by atoms with Crippen molar-refractivity contribution < 1.29 is 14.2 Å². The number of aromatic amines is 1. The second kappa shape index (κ2) is 10.3. The highest BCUT2D eigenvalue weighted by molar-refractivity contribution is 5.29. The maximum Gasteiger partial charge on any atom is 0.330 e. The number of rotatable bonds is 8. The highest BCUT2D eigenvalue weighted by Gasteiger charge is 2.36. The number of ether oxygens (including phenoxy) is 3. The summed E-state index contributed by atoms with van der Waals surface area (Å²) in [4.78, 5) is 26.7. The van der Waals surface area contributed by atoms with Gasteiger partial charge in [0, 0.05) is 46.5 Å². The highest BCUT2D eigenvalue weighted by atomic mass is 16.6. The summed E-state index contributed by atoms with van der Waals surface area (Å²) in [6.45, 7) is 0.355. The SMILES string of the molecule is COCC1O[C@@H](n2cc(C#CCCCCc3cn(C)nn3)c(=O)[nH]c2=O)C[C@H]1OC. The Labute approximate surface area is 174 Å². The first-order chi connectivity index (χ1) is 14.5. The van der Waals surface area contributed by atoms with Gasteiger partial charge in [-0.2, -0.15) is 0 Å². The lowest BCUT2D eigenvalue weighted by molar-refractivity contribution is -0.0618. The van der Waals surface area contributed by atoms with Crippen LogP contribution in [0.5, 0.6) is 0 Å². The number of aromatic nitrogens is 5. The van der Waals surface area contributed by atoms with Crippen LogP contribution in [-0.4, -0.2) is 57.6 Å². The van der Waals surface area contributed by atoms with Gasteiger partial charge in [-0.3, -0.25) is 19.0 Å². The Morgan fingerprint density at radius 3 is 2.83 bits per heavy atom. The minimum Gasteiger partial charge on any atom is -0.382 e. The lowest BCUT2D eigenvalue weighted by Crippen LogP contribution is -2.33. The number of methoxy groups -OCH3 is 2. The Bertz CT molecular complexity index is 1010. The molecule has 1 N–H and O–H groups in total. The summed E-state index contributed by atoms with van der Waals surface area (Å²) >= 11 is 0. The lowest BCUT2D eigenvalue weighted by atomic mass is 10.1. The molecule has 3 rings (SSSR count). The molecule has 30 heavy (non-hydrogen) atoms. The fraction of sp³-hybridized carbons (Fsp3) is 0.600. The summed E-state index contributed by atoms with van der Waals surface area (Å²) in [5, 5.41) is 7.95. The van der Waals surface area contributed by atoms with Crippen LogP contribution in [0.2, 0.25) is 0 Å². The van der Waals surface area contributed by atoms with Crippen LogP contribution in [0.1, 0.15) is 43.2 Å². The Hall–Kier alpha value is -2.74. The molecule has 10 nitrogen and oxygen atoms in total. The topological polar surface area (TPSA) is 113 Å². The average Bonchev–Trinajstić information content (AvgIpc) is 3.32. The fourth-order valence-corrected chi connectivity index (χ4v) is 3.41. The van der Waals surface area contributed by atoms with Crippen molar-refractivity contribution in [1.82, 2.24) is 24.5 Å². The van der Waals surface area contributed by atoms with Crippen molar-refractivity contribution in [2.24, 2.45) is 7.05 Å². The van der Waals surface area contributed by atoms with Crippen LogP contribution in [0.4, 0.5) is 0 Å². The van der Waals surface area contributed by atoms with E-state index in [0.717, 1.165) is 25.0 Å². The molecule has 3 atom stereocenters. The Morgan fingerprint density at radius 1 is 1.30 bits per heavy atom. The normalized spacial score (nSPS) is 20.8. The zero-order valence-corrected chi connectivity index (χ0v) is 17.5. The van der Waals surface area contributed by atoms with Crippen molar-refractivity contribution in [3.8, 4) is 11.8 Å². The zero-order chi connectivity index (χ0) is 21.5. The van der Waals surface area contributed by atoms with E-state index >= 15 is 0 Å². The first-order valence-electron chi connectivity index (χ1n) is 9.88. The molecule has 1 aliphatic heterocycles. The molecule has 1 fully saturated rings. The van der Waals surface area contributed by atoms with Crippen LogP contribution in [0.25, 0.3) is 0 Å². The molecule has 1 aliphatic rings.